The summed E-state index contributed by atoms with van der Waals surface area (Å²) in [6.45, 7) is 0.529. The molecule has 3 aromatic heterocycles. The minimum atomic E-state index is -0.0456. The van der Waals surface area contributed by atoms with E-state index in [0.29, 0.717) is 6.54 Å². The Kier molecular flexibility index (Phi) is 2.60. The van der Waals surface area contributed by atoms with Crippen LogP contribution in [0.15, 0.2) is 28.8 Å². The van der Waals surface area contributed by atoms with Crippen LogP contribution in [0.5, 0.6) is 0 Å². The van der Waals surface area contributed by atoms with Gasteiger partial charge in [-0.25, -0.2) is 9.97 Å². The van der Waals surface area contributed by atoms with Crippen molar-refractivity contribution in [2.75, 3.05) is 5.32 Å². The van der Waals surface area contributed by atoms with Gasteiger partial charge in [-0.15, -0.1) is 0 Å². The quantitative estimate of drug-likeness (QED) is 0.746. The molecule has 0 aliphatic heterocycles. The Balaban J connectivity index is 1.88. The van der Waals surface area contributed by atoms with Crippen molar-refractivity contribution < 1.29 is 0 Å². The van der Waals surface area contributed by atoms with E-state index in [4.69, 9.17) is 0 Å². The normalized spacial score (nSPS) is 10.9. The molecule has 0 aromatic carbocycles. The number of thiazole rings is 1. The summed E-state index contributed by atoms with van der Waals surface area (Å²) in [6.07, 6.45) is 3.49. The Hall–Kier alpha value is -2.15. The van der Waals surface area contributed by atoms with Crippen LogP contribution in [0.25, 0.3) is 11.0 Å². The molecule has 0 saturated carbocycles. The van der Waals surface area contributed by atoms with E-state index in [0.717, 1.165) is 33.9 Å². The van der Waals surface area contributed by atoms with Crippen LogP contribution in [-0.2, 0) is 13.6 Å². The summed E-state index contributed by atoms with van der Waals surface area (Å²) < 4.78 is 1.94. The molecule has 0 saturated heterocycles. The predicted octanol–water partition coefficient (Wildman–Crippen LogP) is 1.33. The van der Waals surface area contributed by atoms with Gasteiger partial charge in [-0.2, -0.15) is 0 Å². The fourth-order valence-corrected chi connectivity index (χ4v) is 2.35. The Morgan fingerprint density at radius 2 is 2.39 bits per heavy atom. The molecular formula is C11H11N5OS. The highest BCUT2D eigenvalue weighted by Gasteiger charge is 2.06. The van der Waals surface area contributed by atoms with Gasteiger partial charge in [-0.05, 0) is 6.07 Å². The largest absolute Gasteiger partial charge is 0.363 e. The zero-order chi connectivity index (χ0) is 12.5. The van der Waals surface area contributed by atoms with E-state index in [1.807, 2.05) is 17.7 Å². The van der Waals surface area contributed by atoms with Crippen LogP contribution in [0, 0.1) is 0 Å². The molecule has 0 fully saturated rings. The summed E-state index contributed by atoms with van der Waals surface area (Å²) in [5.41, 5.74) is 2.70. The van der Waals surface area contributed by atoms with Gasteiger partial charge in [0.25, 0.3) is 0 Å². The van der Waals surface area contributed by atoms with Gasteiger partial charge in [0.05, 0.1) is 18.4 Å². The molecule has 3 aromatic rings. The maximum atomic E-state index is 11.0. The summed E-state index contributed by atoms with van der Waals surface area (Å²) in [4.78, 5) is 22.3. The number of anilines is 1. The molecule has 0 aliphatic carbocycles. The van der Waals surface area contributed by atoms with E-state index in [-0.39, 0.29) is 4.87 Å². The Bertz CT molecular complexity index is 741. The number of fused-ring (bicyclic) bond motifs is 1. The smallest absolute Gasteiger partial charge is 0.304 e. The van der Waals surface area contributed by atoms with E-state index in [1.165, 1.54) is 0 Å². The van der Waals surface area contributed by atoms with Gasteiger partial charge in [0.2, 0.25) is 0 Å². The number of hydrogen-bond donors (Lipinski definition) is 2. The van der Waals surface area contributed by atoms with Crippen molar-refractivity contribution in [3.8, 4) is 0 Å². The average molecular weight is 261 g/mol. The van der Waals surface area contributed by atoms with E-state index < -0.39 is 0 Å². The molecule has 0 amide bonds. The molecule has 3 rings (SSSR count). The molecule has 2 N–H and O–H groups in total. The monoisotopic (exact) mass is 261 g/mol. The minimum absolute atomic E-state index is 0.0456. The van der Waals surface area contributed by atoms with Crippen LogP contribution >= 0.6 is 11.3 Å². The lowest BCUT2D eigenvalue weighted by Crippen LogP contribution is -2.04. The zero-order valence-electron chi connectivity index (χ0n) is 9.67. The third kappa shape index (κ3) is 1.88. The van der Waals surface area contributed by atoms with Crippen molar-refractivity contribution in [1.82, 2.24) is 19.5 Å². The molecule has 3 heterocycles. The number of nitrogens with zero attached hydrogens (tertiary/aromatic N) is 3. The van der Waals surface area contributed by atoms with Crippen LogP contribution < -0.4 is 10.2 Å². The number of hydrogen-bond acceptors (Lipinski definition) is 5. The van der Waals surface area contributed by atoms with Crippen molar-refractivity contribution in [2.24, 2.45) is 7.05 Å². The molecule has 0 unspecified atom stereocenters. The third-order valence-corrected chi connectivity index (χ3v) is 3.38. The number of aromatic amines is 1. The van der Waals surface area contributed by atoms with E-state index in [2.05, 4.69) is 20.3 Å². The van der Waals surface area contributed by atoms with Crippen molar-refractivity contribution in [3.63, 3.8) is 0 Å². The second kappa shape index (κ2) is 4.26. The van der Waals surface area contributed by atoms with Gasteiger partial charge < -0.3 is 14.9 Å². The molecule has 92 valence electrons. The van der Waals surface area contributed by atoms with Crippen LogP contribution in [0.4, 0.5) is 5.82 Å². The maximum Gasteiger partial charge on any atom is 0.304 e. The second-order valence-corrected chi connectivity index (χ2v) is 4.75. The summed E-state index contributed by atoms with van der Waals surface area (Å²) >= 11 is 1.16. The lowest BCUT2D eigenvalue weighted by molar-refractivity contribution is 0.947. The summed E-state index contributed by atoms with van der Waals surface area (Å²) in [6, 6.07) is 1.92. The van der Waals surface area contributed by atoms with E-state index in [9.17, 15) is 4.79 Å². The molecule has 0 spiro atoms. The summed E-state index contributed by atoms with van der Waals surface area (Å²) in [7, 11) is 1.94. The highest BCUT2D eigenvalue weighted by atomic mass is 32.1. The van der Waals surface area contributed by atoms with Crippen molar-refractivity contribution >= 4 is 28.2 Å². The first kappa shape index (κ1) is 11.0. The van der Waals surface area contributed by atoms with Gasteiger partial charge in [-0.1, -0.05) is 11.3 Å². The maximum absolute atomic E-state index is 11.0. The van der Waals surface area contributed by atoms with Gasteiger partial charge in [0.15, 0.2) is 5.82 Å². The highest BCUT2D eigenvalue weighted by Crippen LogP contribution is 2.18. The van der Waals surface area contributed by atoms with Gasteiger partial charge in [-0.3, -0.25) is 4.79 Å². The first-order valence-electron chi connectivity index (χ1n) is 5.40. The molecule has 0 aliphatic rings. The van der Waals surface area contributed by atoms with Crippen LogP contribution in [0.3, 0.4) is 0 Å². The fourth-order valence-electron chi connectivity index (χ4n) is 1.77. The number of H-pyrrole nitrogens is 1. The molecule has 0 atom stereocenters. The number of aryl methyl sites for hydroxylation is 1. The SMILES string of the molecule is Cn1cnc2c(NCc3csc(=O)[nH]3)nccc21. The number of nitrogens with one attached hydrogen (secondary N) is 2. The Morgan fingerprint density at radius 3 is 3.17 bits per heavy atom. The lowest BCUT2D eigenvalue weighted by Gasteiger charge is -2.04. The van der Waals surface area contributed by atoms with E-state index >= 15 is 0 Å². The Morgan fingerprint density at radius 1 is 1.50 bits per heavy atom. The average Bonchev–Trinajstić information content (AvgIpc) is 2.94. The number of imidazole rings is 1. The van der Waals surface area contributed by atoms with Crippen LogP contribution in [0.2, 0.25) is 0 Å². The first-order chi connectivity index (χ1) is 8.74. The number of pyridine rings is 1. The van der Waals surface area contributed by atoms with Crippen LogP contribution in [-0.4, -0.2) is 19.5 Å². The molecule has 0 bridgehead atoms. The lowest BCUT2D eigenvalue weighted by atomic mass is 10.3. The summed E-state index contributed by atoms with van der Waals surface area (Å²) in [5, 5.41) is 4.98. The molecule has 6 nitrogen and oxygen atoms in total. The molecular weight excluding hydrogens is 250 g/mol. The molecule has 7 heteroatoms. The third-order valence-electron chi connectivity index (χ3n) is 2.66. The fraction of sp³-hybridized carbons (Fsp3) is 0.182. The predicted molar refractivity (Wildman–Crippen MR) is 70.8 cm³/mol. The van der Waals surface area contributed by atoms with Crippen molar-refractivity contribution in [2.45, 2.75) is 6.54 Å². The zero-order valence-corrected chi connectivity index (χ0v) is 10.5. The van der Waals surface area contributed by atoms with Crippen molar-refractivity contribution in [3.05, 3.63) is 39.3 Å². The Labute approximate surface area is 106 Å². The van der Waals surface area contributed by atoms with Gasteiger partial charge in [0.1, 0.15) is 5.52 Å². The van der Waals surface area contributed by atoms with Crippen LogP contribution in [0.1, 0.15) is 5.69 Å². The summed E-state index contributed by atoms with van der Waals surface area (Å²) in [5.74, 6) is 0.722. The first-order valence-corrected chi connectivity index (χ1v) is 6.28. The number of rotatable bonds is 3. The van der Waals surface area contributed by atoms with E-state index in [1.54, 1.807) is 17.9 Å². The molecule has 18 heavy (non-hydrogen) atoms. The highest BCUT2D eigenvalue weighted by molar-refractivity contribution is 7.07. The van der Waals surface area contributed by atoms with Crippen molar-refractivity contribution in [1.29, 1.82) is 0 Å². The second-order valence-electron chi connectivity index (χ2n) is 3.91. The standard InChI is InChI=1S/C11H11N5OS/c1-16-6-14-9-8(16)2-3-12-10(9)13-4-7-5-18-11(17)15-7/h2-3,5-6H,4H2,1H3,(H,12,13)(H,15,17). The topological polar surface area (TPSA) is 75.6 Å². The minimum Gasteiger partial charge on any atom is -0.363 e. The van der Waals surface area contributed by atoms with Gasteiger partial charge in [0, 0.05) is 24.3 Å². The van der Waals surface area contributed by atoms with Gasteiger partial charge >= 0.3 is 4.87 Å². The number of aromatic nitrogens is 4. The molecule has 0 radical (unpaired) electrons.